The molecular weight excluding hydrogens is 200 g/mol. The van der Waals surface area contributed by atoms with Crippen molar-refractivity contribution in [1.29, 1.82) is 0 Å². The van der Waals surface area contributed by atoms with Gasteiger partial charge in [-0.1, -0.05) is 37.3 Å². The molecule has 0 aliphatic rings. The number of benzene rings is 1. The van der Waals surface area contributed by atoms with Crippen LogP contribution < -0.4 is 5.56 Å². The fourth-order valence-electron chi connectivity index (χ4n) is 1.97. The van der Waals surface area contributed by atoms with E-state index in [2.05, 4.69) is 41.4 Å². The van der Waals surface area contributed by atoms with Crippen LogP contribution in [0.5, 0.6) is 0 Å². The van der Waals surface area contributed by atoms with Gasteiger partial charge in [0, 0.05) is 11.8 Å². The van der Waals surface area contributed by atoms with Crippen molar-refractivity contribution in [2.24, 2.45) is 0 Å². The van der Waals surface area contributed by atoms with Crippen molar-refractivity contribution in [2.45, 2.75) is 25.7 Å². The van der Waals surface area contributed by atoms with E-state index < -0.39 is 0 Å². The quantitative estimate of drug-likeness (QED) is 0.810. The highest BCUT2D eigenvalue weighted by molar-refractivity contribution is 5.21. The predicted molar refractivity (Wildman–Crippen MR) is 64.6 cm³/mol. The average molecular weight is 216 g/mol. The van der Waals surface area contributed by atoms with Crippen molar-refractivity contribution in [3.05, 3.63) is 58.0 Å². The Morgan fingerprint density at radius 3 is 2.50 bits per heavy atom. The van der Waals surface area contributed by atoms with Crippen LogP contribution in [0.1, 0.15) is 30.5 Å². The summed E-state index contributed by atoms with van der Waals surface area (Å²) in [5.41, 5.74) is 2.24. The van der Waals surface area contributed by atoms with Gasteiger partial charge in [0.05, 0.1) is 0 Å². The van der Waals surface area contributed by atoms with E-state index in [4.69, 9.17) is 0 Å². The Morgan fingerprint density at radius 1 is 1.19 bits per heavy atom. The maximum atomic E-state index is 11.0. The fourth-order valence-corrected chi connectivity index (χ4v) is 1.97. The van der Waals surface area contributed by atoms with Gasteiger partial charge in [0.1, 0.15) is 0 Å². The summed E-state index contributed by atoms with van der Waals surface area (Å²) in [4.78, 5) is 11.0. The third kappa shape index (κ3) is 2.42. The summed E-state index contributed by atoms with van der Waals surface area (Å²) >= 11 is 0. The van der Waals surface area contributed by atoms with Crippen LogP contribution in [0.3, 0.4) is 0 Å². The lowest BCUT2D eigenvalue weighted by atomic mass is 9.92. The zero-order valence-electron chi connectivity index (χ0n) is 9.36. The van der Waals surface area contributed by atoms with Crippen molar-refractivity contribution in [1.82, 2.24) is 10.2 Å². The van der Waals surface area contributed by atoms with Crippen LogP contribution in [-0.4, -0.2) is 10.2 Å². The van der Waals surface area contributed by atoms with E-state index in [1.165, 1.54) is 5.56 Å². The van der Waals surface area contributed by atoms with E-state index >= 15 is 0 Å². The highest BCUT2D eigenvalue weighted by atomic mass is 16.1. The Labute approximate surface area is 94.5 Å². The molecule has 1 unspecified atom stereocenters. The molecule has 0 aliphatic carbocycles. The summed E-state index contributed by atoms with van der Waals surface area (Å²) < 4.78 is 0. The molecule has 1 aromatic carbocycles. The van der Waals surface area contributed by atoms with E-state index in [-0.39, 0.29) is 5.56 Å². The average Bonchev–Trinajstić information content (AvgIpc) is 2.73. The summed E-state index contributed by atoms with van der Waals surface area (Å²) in [5, 5.41) is 5.47. The molecule has 0 amide bonds. The number of hydrogen-bond donors (Lipinski definition) is 2. The highest BCUT2D eigenvalue weighted by Crippen LogP contribution is 2.22. The molecule has 2 rings (SSSR count). The van der Waals surface area contributed by atoms with Gasteiger partial charge in [-0.25, -0.2) is 0 Å². The van der Waals surface area contributed by atoms with Crippen LogP contribution in [0, 0.1) is 0 Å². The van der Waals surface area contributed by atoms with E-state index in [1.54, 1.807) is 6.07 Å². The van der Waals surface area contributed by atoms with E-state index in [1.807, 2.05) is 6.07 Å². The molecule has 84 valence electrons. The molecule has 0 aliphatic heterocycles. The summed E-state index contributed by atoms with van der Waals surface area (Å²) in [7, 11) is 0. The van der Waals surface area contributed by atoms with Gasteiger partial charge >= 0.3 is 0 Å². The van der Waals surface area contributed by atoms with Crippen LogP contribution in [0.4, 0.5) is 0 Å². The van der Waals surface area contributed by atoms with Gasteiger partial charge in [-0.15, -0.1) is 0 Å². The third-order valence-electron chi connectivity index (χ3n) is 2.88. The monoisotopic (exact) mass is 216 g/mol. The third-order valence-corrected chi connectivity index (χ3v) is 2.88. The minimum Gasteiger partial charge on any atom is -0.302 e. The first-order valence-corrected chi connectivity index (χ1v) is 5.61. The van der Waals surface area contributed by atoms with Gasteiger partial charge in [0.25, 0.3) is 5.56 Å². The fraction of sp³-hybridized carbons (Fsp3) is 0.308. The Kier molecular flexibility index (Phi) is 3.25. The van der Waals surface area contributed by atoms with E-state index in [0.717, 1.165) is 18.5 Å². The second kappa shape index (κ2) is 4.84. The lowest BCUT2D eigenvalue weighted by Crippen LogP contribution is -2.02. The second-order valence-corrected chi connectivity index (χ2v) is 4.00. The Hall–Kier alpha value is -1.77. The molecular formula is C13H16N2O. The summed E-state index contributed by atoms with van der Waals surface area (Å²) in [6, 6.07) is 12.0. The standard InChI is InChI=1S/C13H16N2O/c1-2-10(11-6-4-3-5-7-11)8-12-9-13(16)15-14-12/h3-7,9-10H,2,8H2,1H3,(H2,14,15,16). The smallest absolute Gasteiger partial charge is 0.264 e. The number of hydrogen-bond acceptors (Lipinski definition) is 1. The SMILES string of the molecule is CCC(Cc1cc(=O)[nH][nH]1)c1ccccc1. The van der Waals surface area contributed by atoms with Crippen LogP contribution in [0.2, 0.25) is 0 Å². The van der Waals surface area contributed by atoms with Crippen molar-refractivity contribution in [3.63, 3.8) is 0 Å². The first kappa shape index (κ1) is 10.7. The van der Waals surface area contributed by atoms with Gasteiger partial charge in [-0.05, 0) is 24.3 Å². The van der Waals surface area contributed by atoms with E-state index in [9.17, 15) is 4.79 Å². The largest absolute Gasteiger partial charge is 0.302 e. The van der Waals surface area contributed by atoms with E-state index in [0.29, 0.717) is 5.92 Å². The maximum absolute atomic E-state index is 11.0. The lowest BCUT2D eigenvalue weighted by molar-refractivity contribution is 0.648. The second-order valence-electron chi connectivity index (χ2n) is 4.00. The van der Waals surface area contributed by atoms with Gasteiger partial charge < -0.3 is 5.10 Å². The van der Waals surface area contributed by atoms with Gasteiger partial charge in [0.15, 0.2) is 0 Å². The molecule has 2 N–H and O–H groups in total. The van der Waals surface area contributed by atoms with Gasteiger partial charge in [-0.2, -0.15) is 0 Å². The summed E-state index contributed by atoms with van der Waals surface area (Å²) in [6.07, 6.45) is 1.94. The molecule has 2 aromatic rings. The molecule has 1 atom stereocenters. The normalized spacial score (nSPS) is 12.6. The van der Waals surface area contributed by atoms with Crippen LogP contribution >= 0.6 is 0 Å². The van der Waals surface area contributed by atoms with Gasteiger partial charge in [-0.3, -0.25) is 9.89 Å². The molecule has 0 saturated carbocycles. The highest BCUT2D eigenvalue weighted by Gasteiger charge is 2.10. The minimum absolute atomic E-state index is 0.0575. The molecule has 1 aromatic heterocycles. The zero-order chi connectivity index (χ0) is 11.4. The molecule has 3 nitrogen and oxygen atoms in total. The Morgan fingerprint density at radius 2 is 1.94 bits per heavy atom. The number of aromatic nitrogens is 2. The molecule has 0 saturated heterocycles. The van der Waals surface area contributed by atoms with Crippen molar-refractivity contribution >= 4 is 0 Å². The first-order valence-electron chi connectivity index (χ1n) is 5.61. The van der Waals surface area contributed by atoms with Crippen LogP contribution in [0.25, 0.3) is 0 Å². The molecule has 0 fully saturated rings. The Bertz CT molecular complexity index is 484. The van der Waals surface area contributed by atoms with Crippen molar-refractivity contribution in [3.8, 4) is 0 Å². The van der Waals surface area contributed by atoms with Gasteiger partial charge in [0.2, 0.25) is 0 Å². The summed E-state index contributed by atoms with van der Waals surface area (Å²) in [5.74, 6) is 0.465. The minimum atomic E-state index is -0.0575. The van der Waals surface area contributed by atoms with Crippen molar-refractivity contribution in [2.75, 3.05) is 0 Å². The van der Waals surface area contributed by atoms with Crippen molar-refractivity contribution < 1.29 is 0 Å². The lowest BCUT2D eigenvalue weighted by Gasteiger charge is -2.13. The number of H-pyrrole nitrogens is 2. The number of nitrogens with one attached hydrogen (secondary N) is 2. The Balaban J connectivity index is 2.15. The molecule has 16 heavy (non-hydrogen) atoms. The molecule has 0 radical (unpaired) electrons. The predicted octanol–water partition coefficient (Wildman–Crippen LogP) is 2.44. The topological polar surface area (TPSA) is 48.6 Å². The molecule has 1 heterocycles. The first-order chi connectivity index (χ1) is 7.79. The molecule has 0 spiro atoms. The zero-order valence-corrected chi connectivity index (χ0v) is 9.36. The molecule has 3 heteroatoms. The van der Waals surface area contributed by atoms with Crippen LogP contribution in [0.15, 0.2) is 41.2 Å². The molecule has 0 bridgehead atoms. The maximum Gasteiger partial charge on any atom is 0.264 e. The van der Waals surface area contributed by atoms with Crippen LogP contribution in [-0.2, 0) is 6.42 Å². The number of rotatable bonds is 4. The number of aromatic amines is 2. The summed E-state index contributed by atoms with van der Waals surface area (Å²) in [6.45, 7) is 2.17.